The number of esters is 1. The fraction of sp³-hybridized carbons (Fsp3) is 0.154. The molecule has 0 aliphatic rings. The Labute approximate surface area is 118 Å². The smallest absolute Gasteiger partial charge is 0.357 e. The summed E-state index contributed by atoms with van der Waals surface area (Å²) in [6.07, 6.45) is 0. The van der Waals surface area contributed by atoms with Crippen LogP contribution in [0.5, 0.6) is 0 Å². The zero-order chi connectivity index (χ0) is 14.5. The van der Waals surface area contributed by atoms with Crippen LogP contribution in [-0.4, -0.2) is 23.5 Å². The van der Waals surface area contributed by atoms with E-state index in [1.807, 2.05) is 0 Å². The Morgan fingerprint density at radius 1 is 1.35 bits per heavy atom. The van der Waals surface area contributed by atoms with Crippen molar-refractivity contribution in [2.75, 3.05) is 11.9 Å². The molecule has 0 spiro atoms. The topological polar surface area (TPSA) is 68.3 Å². The third-order valence-electron chi connectivity index (χ3n) is 2.32. The van der Waals surface area contributed by atoms with Gasteiger partial charge in [0.05, 0.1) is 6.61 Å². The minimum Gasteiger partial charge on any atom is -0.461 e. The van der Waals surface area contributed by atoms with Gasteiger partial charge in [-0.25, -0.2) is 14.2 Å². The number of rotatable bonds is 4. The molecule has 104 valence electrons. The number of amides is 1. The molecule has 7 heteroatoms. The standard InChI is InChI=1S/C13H11FN2O3S/c1-2-19-12(18)10-7-20-13(15-10)16-11(17)8-3-5-9(14)6-4-8/h3-7H,2H2,1H3,(H,15,16,17). The minimum atomic E-state index is -0.536. The summed E-state index contributed by atoms with van der Waals surface area (Å²) in [6.45, 7) is 1.95. The van der Waals surface area contributed by atoms with Crippen molar-refractivity contribution in [1.29, 1.82) is 0 Å². The molecule has 0 bridgehead atoms. The molecule has 0 aliphatic carbocycles. The third kappa shape index (κ3) is 3.39. The van der Waals surface area contributed by atoms with Crippen LogP contribution in [0.4, 0.5) is 9.52 Å². The van der Waals surface area contributed by atoms with Crippen molar-refractivity contribution in [3.8, 4) is 0 Å². The van der Waals surface area contributed by atoms with E-state index < -0.39 is 17.7 Å². The normalized spacial score (nSPS) is 10.1. The maximum atomic E-state index is 12.7. The lowest BCUT2D eigenvalue weighted by Crippen LogP contribution is -2.12. The van der Waals surface area contributed by atoms with Gasteiger partial charge in [-0.3, -0.25) is 10.1 Å². The molecule has 1 N–H and O–H groups in total. The van der Waals surface area contributed by atoms with Crippen molar-refractivity contribution in [2.24, 2.45) is 0 Å². The lowest BCUT2D eigenvalue weighted by Gasteiger charge is -2.01. The number of aromatic nitrogens is 1. The van der Waals surface area contributed by atoms with Crippen LogP contribution in [0.25, 0.3) is 0 Å². The van der Waals surface area contributed by atoms with Crippen molar-refractivity contribution in [3.63, 3.8) is 0 Å². The minimum absolute atomic E-state index is 0.145. The lowest BCUT2D eigenvalue weighted by molar-refractivity contribution is 0.0520. The first-order valence-electron chi connectivity index (χ1n) is 5.79. The first-order valence-corrected chi connectivity index (χ1v) is 6.67. The van der Waals surface area contributed by atoms with Crippen LogP contribution in [0.3, 0.4) is 0 Å². The summed E-state index contributed by atoms with van der Waals surface area (Å²) >= 11 is 1.11. The molecule has 1 amide bonds. The fourth-order valence-electron chi connectivity index (χ4n) is 1.40. The van der Waals surface area contributed by atoms with Gasteiger partial charge in [-0.15, -0.1) is 11.3 Å². The van der Waals surface area contributed by atoms with E-state index in [0.29, 0.717) is 5.56 Å². The zero-order valence-corrected chi connectivity index (χ0v) is 11.4. The second-order valence-electron chi connectivity index (χ2n) is 3.72. The highest BCUT2D eigenvalue weighted by Gasteiger charge is 2.13. The highest BCUT2D eigenvalue weighted by Crippen LogP contribution is 2.17. The highest BCUT2D eigenvalue weighted by molar-refractivity contribution is 7.14. The first-order chi connectivity index (χ1) is 9.60. The number of carbonyl (C=O) groups excluding carboxylic acids is 2. The van der Waals surface area contributed by atoms with E-state index in [-0.39, 0.29) is 17.4 Å². The van der Waals surface area contributed by atoms with Gasteiger partial charge in [0.1, 0.15) is 5.82 Å². The Bertz CT molecular complexity index is 625. The van der Waals surface area contributed by atoms with Gasteiger partial charge in [-0.1, -0.05) is 0 Å². The van der Waals surface area contributed by atoms with E-state index in [1.54, 1.807) is 6.92 Å². The quantitative estimate of drug-likeness (QED) is 0.880. The van der Waals surface area contributed by atoms with Crippen molar-refractivity contribution < 1.29 is 18.7 Å². The molecule has 1 aromatic heterocycles. The van der Waals surface area contributed by atoms with Crippen molar-refractivity contribution in [2.45, 2.75) is 6.92 Å². The molecule has 20 heavy (non-hydrogen) atoms. The average molecular weight is 294 g/mol. The van der Waals surface area contributed by atoms with E-state index in [0.717, 1.165) is 11.3 Å². The Morgan fingerprint density at radius 3 is 2.70 bits per heavy atom. The van der Waals surface area contributed by atoms with E-state index in [4.69, 9.17) is 4.74 Å². The van der Waals surface area contributed by atoms with Crippen LogP contribution < -0.4 is 5.32 Å². The number of nitrogens with one attached hydrogen (secondary N) is 1. The predicted octanol–water partition coefficient (Wildman–Crippen LogP) is 2.71. The van der Waals surface area contributed by atoms with Crippen LogP contribution >= 0.6 is 11.3 Å². The monoisotopic (exact) mass is 294 g/mol. The molecular formula is C13H11FN2O3S. The van der Waals surface area contributed by atoms with Gasteiger partial charge in [0.25, 0.3) is 5.91 Å². The molecule has 0 aliphatic heterocycles. The van der Waals surface area contributed by atoms with Gasteiger partial charge in [-0.2, -0.15) is 0 Å². The Kier molecular flexibility index (Phi) is 4.41. The van der Waals surface area contributed by atoms with Crippen LogP contribution in [0.15, 0.2) is 29.6 Å². The summed E-state index contributed by atoms with van der Waals surface area (Å²) in [4.78, 5) is 27.2. The van der Waals surface area contributed by atoms with Gasteiger partial charge in [0.15, 0.2) is 10.8 Å². The Morgan fingerprint density at radius 2 is 2.05 bits per heavy atom. The van der Waals surface area contributed by atoms with Gasteiger partial charge >= 0.3 is 5.97 Å². The number of halogens is 1. The summed E-state index contributed by atoms with van der Waals surface area (Å²) < 4.78 is 17.5. The van der Waals surface area contributed by atoms with Crippen molar-refractivity contribution in [3.05, 3.63) is 46.7 Å². The molecule has 0 atom stereocenters. The fourth-order valence-corrected chi connectivity index (χ4v) is 2.08. The summed E-state index contributed by atoms with van der Waals surface area (Å²) in [5.74, 6) is -1.37. The maximum absolute atomic E-state index is 12.7. The molecule has 0 radical (unpaired) electrons. The third-order valence-corrected chi connectivity index (χ3v) is 3.07. The Hall–Kier alpha value is -2.28. The number of nitrogens with zero attached hydrogens (tertiary/aromatic N) is 1. The maximum Gasteiger partial charge on any atom is 0.357 e. The van der Waals surface area contributed by atoms with Crippen LogP contribution in [-0.2, 0) is 4.74 Å². The molecule has 1 aromatic carbocycles. The summed E-state index contributed by atoms with van der Waals surface area (Å²) in [7, 11) is 0. The largest absolute Gasteiger partial charge is 0.461 e. The zero-order valence-electron chi connectivity index (χ0n) is 10.6. The van der Waals surface area contributed by atoms with Gasteiger partial charge in [-0.05, 0) is 31.2 Å². The average Bonchev–Trinajstić information content (AvgIpc) is 2.88. The number of hydrogen-bond acceptors (Lipinski definition) is 5. The van der Waals surface area contributed by atoms with E-state index in [9.17, 15) is 14.0 Å². The SMILES string of the molecule is CCOC(=O)c1csc(NC(=O)c2ccc(F)cc2)n1. The van der Waals surface area contributed by atoms with Crippen molar-refractivity contribution >= 4 is 28.3 Å². The molecule has 2 rings (SSSR count). The number of hydrogen-bond donors (Lipinski definition) is 1. The predicted molar refractivity (Wildman–Crippen MR) is 72.4 cm³/mol. The number of ether oxygens (including phenoxy) is 1. The summed E-state index contributed by atoms with van der Waals surface area (Å²) in [5.41, 5.74) is 0.450. The van der Waals surface area contributed by atoms with Crippen molar-refractivity contribution in [1.82, 2.24) is 4.98 Å². The molecule has 0 unspecified atom stereocenters. The number of thiazole rings is 1. The molecule has 0 saturated carbocycles. The summed E-state index contributed by atoms with van der Waals surface area (Å²) in [6, 6.07) is 5.12. The molecule has 0 fully saturated rings. The molecule has 5 nitrogen and oxygen atoms in total. The van der Waals surface area contributed by atoms with Gasteiger partial charge < -0.3 is 4.74 Å². The van der Waals surface area contributed by atoms with Crippen LogP contribution in [0.1, 0.15) is 27.8 Å². The molecule has 2 aromatic rings. The Balaban J connectivity index is 2.05. The summed E-state index contributed by atoms with van der Waals surface area (Å²) in [5, 5.41) is 4.31. The van der Waals surface area contributed by atoms with E-state index >= 15 is 0 Å². The number of anilines is 1. The first kappa shape index (κ1) is 14.1. The van der Waals surface area contributed by atoms with Gasteiger partial charge in [0.2, 0.25) is 0 Å². The van der Waals surface area contributed by atoms with E-state index in [2.05, 4.69) is 10.3 Å². The van der Waals surface area contributed by atoms with Crippen LogP contribution in [0, 0.1) is 5.82 Å². The number of benzene rings is 1. The molecule has 1 heterocycles. The lowest BCUT2D eigenvalue weighted by atomic mass is 10.2. The highest BCUT2D eigenvalue weighted by atomic mass is 32.1. The molecule has 0 saturated heterocycles. The molecular weight excluding hydrogens is 283 g/mol. The second kappa shape index (κ2) is 6.25. The van der Waals surface area contributed by atoms with E-state index in [1.165, 1.54) is 29.6 Å². The van der Waals surface area contributed by atoms with Gasteiger partial charge in [0, 0.05) is 10.9 Å². The number of carbonyl (C=O) groups is 2. The van der Waals surface area contributed by atoms with Crippen LogP contribution in [0.2, 0.25) is 0 Å². The second-order valence-corrected chi connectivity index (χ2v) is 4.58.